The van der Waals surface area contributed by atoms with Crippen LogP contribution in [-0.2, 0) is 0 Å². The first-order chi connectivity index (χ1) is 10.4. The summed E-state index contributed by atoms with van der Waals surface area (Å²) < 4.78 is 5.81. The van der Waals surface area contributed by atoms with Crippen LogP contribution in [0.4, 0.5) is 5.69 Å². The molecule has 3 heteroatoms. The van der Waals surface area contributed by atoms with Gasteiger partial charge in [-0.25, -0.2) is 0 Å². The van der Waals surface area contributed by atoms with E-state index in [-0.39, 0.29) is 0 Å². The first-order valence-corrected chi connectivity index (χ1v) is 7.56. The summed E-state index contributed by atoms with van der Waals surface area (Å²) in [7, 11) is 0. The van der Waals surface area contributed by atoms with Gasteiger partial charge in [-0.3, -0.25) is 0 Å². The van der Waals surface area contributed by atoms with Gasteiger partial charge >= 0.3 is 0 Å². The van der Waals surface area contributed by atoms with E-state index in [2.05, 4.69) is 5.32 Å². The molecule has 2 aromatic rings. The molecule has 0 bridgehead atoms. The van der Waals surface area contributed by atoms with Crippen molar-refractivity contribution >= 4 is 5.69 Å². The molecule has 112 valence electrons. The fourth-order valence-electron chi connectivity index (χ4n) is 2.12. The van der Waals surface area contributed by atoms with E-state index in [0.29, 0.717) is 6.61 Å². The van der Waals surface area contributed by atoms with Crippen LogP contribution in [0.1, 0.15) is 25.7 Å². The van der Waals surface area contributed by atoms with Crippen molar-refractivity contribution < 1.29 is 9.84 Å². The lowest BCUT2D eigenvalue weighted by molar-refractivity contribution is 0.283. The monoisotopic (exact) mass is 285 g/mol. The van der Waals surface area contributed by atoms with Crippen LogP contribution in [0.2, 0.25) is 0 Å². The molecule has 0 radical (unpaired) electrons. The first kappa shape index (κ1) is 15.4. The molecular weight excluding hydrogens is 262 g/mol. The molecule has 0 spiro atoms. The van der Waals surface area contributed by atoms with Crippen LogP contribution < -0.4 is 10.1 Å². The second-order valence-corrected chi connectivity index (χ2v) is 5.01. The van der Waals surface area contributed by atoms with E-state index < -0.39 is 0 Å². The van der Waals surface area contributed by atoms with Gasteiger partial charge in [0, 0.05) is 24.9 Å². The Balaban J connectivity index is 1.78. The Labute approximate surface area is 126 Å². The molecule has 0 aromatic heterocycles. The maximum atomic E-state index is 8.72. The predicted molar refractivity (Wildman–Crippen MR) is 87.0 cm³/mol. The third-order valence-electron chi connectivity index (χ3n) is 3.23. The van der Waals surface area contributed by atoms with Crippen molar-refractivity contribution in [3.63, 3.8) is 0 Å². The Kier molecular flexibility index (Phi) is 6.62. The number of rotatable bonds is 9. The van der Waals surface area contributed by atoms with E-state index in [9.17, 15) is 0 Å². The van der Waals surface area contributed by atoms with Crippen LogP contribution >= 0.6 is 0 Å². The summed E-state index contributed by atoms with van der Waals surface area (Å²) in [6.07, 6.45) is 4.26. The molecule has 3 nitrogen and oxygen atoms in total. The lowest BCUT2D eigenvalue weighted by Gasteiger charge is -2.09. The van der Waals surface area contributed by atoms with E-state index >= 15 is 0 Å². The number of ether oxygens (including phenoxy) is 1. The number of aliphatic hydroxyl groups is 1. The Morgan fingerprint density at radius 2 is 1.57 bits per heavy atom. The Bertz CT molecular complexity index is 514. The molecular formula is C18H23NO2. The maximum Gasteiger partial charge on any atom is 0.129 e. The molecule has 0 aliphatic carbocycles. The molecule has 0 heterocycles. The van der Waals surface area contributed by atoms with Crippen LogP contribution in [0.15, 0.2) is 54.6 Å². The highest BCUT2D eigenvalue weighted by Crippen LogP contribution is 2.23. The molecule has 0 atom stereocenters. The summed E-state index contributed by atoms with van der Waals surface area (Å²) in [6.45, 7) is 1.24. The number of para-hydroxylation sites is 1. The average molecular weight is 285 g/mol. The summed E-state index contributed by atoms with van der Waals surface area (Å²) >= 11 is 0. The van der Waals surface area contributed by atoms with Crippen LogP contribution in [0.3, 0.4) is 0 Å². The zero-order valence-corrected chi connectivity index (χ0v) is 12.3. The molecule has 0 aliphatic rings. The lowest BCUT2D eigenvalue weighted by atomic mass is 10.2. The van der Waals surface area contributed by atoms with Crippen molar-refractivity contribution in [2.24, 2.45) is 0 Å². The van der Waals surface area contributed by atoms with E-state index in [0.717, 1.165) is 49.4 Å². The molecule has 0 fully saturated rings. The minimum absolute atomic E-state index is 0.298. The van der Waals surface area contributed by atoms with Gasteiger partial charge in [-0.15, -0.1) is 0 Å². The molecule has 0 amide bonds. The largest absolute Gasteiger partial charge is 0.457 e. The van der Waals surface area contributed by atoms with Gasteiger partial charge in [0.15, 0.2) is 0 Å². The van der Waals surface area contributed by atoms with Crippen molar-refractivity contribution in [2.45, 2.75) is 25.7 Å². The topological polar surface area (TPSA) is 41.5 Å². The van der Waals surface area contributed by atoms with Gasteiger partial charge in [0.1, 0.15) is 11.5 Å². The first-order valence-electron chi connectivity index (χ1n) is 7.56. The molecule has 0 saturated carbocycles. The molecule has 2 N–H and O–H groups in total. The third kappa shape index (κ3) is 5.88. The smallest absolute Gasteiger partial charge is 0.129 e. The Hall–Kier alpha value is -2.00. The quantitative estimate of drug-likeness (QED) is 0.669. The summed E-state index contributed by atoms with van der Waals surface area (Å²) in [6, 6.07) is 17.8. The number of anilines is 1. The molecule has 2 aromatic carbocycles. The van der Waals surface area contributed by atoms with Gasteiger partial charge in [0.2, 0.25) is 0 Å². The summed E-state index contributed by atoms with van der Waals surface area (Å²) in [5.74, 6) is 1.69. The highest BCUT2D eigenvalue weighted by molar-refractivity contribution is 5.49. The summed E-state index contributed by atoms with van der Waals surface area (Å²) in [5.41, 5.74) is 1.07. The molecule has 21 heavy (non-hydrogen) atoms. The van der Waals surface area contributed by atoms with Gasteiger partial charge < -0.3 is 15.2 Å². The van der Waals surface area contributed by atoms with Crippen molar-refractivity contribution in [3.05, 3.63) is 54.6 Å². The number of hydrogen-bond acceptors (Lipinski definition) is 3. The van der Waals surface area contributed by atoms with Crippen LogP contribution in [0.25, 0.3) is 0 Å². The number of nitrogens with one attached hydrogen (secondary N) is 1. The van der Waals surface area contributed by atoms with E-state index in [1.165, 1.54) is 0 Å². The maximum absolute atomic E-state index is 8.72. The molecule has 0 aliphatic heterocycles. The van der Waals surface area contributed by atoms with Crippen molar-refractivity contribution in [2.75, 3.05) is 18.5 Å². The predicted octanol–water partition coefficient (Wildman–Crippen LogP) is 4.44. The SMILES string of the molecule is OCCCCCCNc1cccc(Oc2ccccc2)c1. The highest BCUT2D eigenvalue weighted by Gasteiger charge is 1.98. The number of unbranched alkanes of at least 4 members (excludes halogenated alkanes) is 3. The van der Waals surface area contributed by atoms with Crippen molar-refractivity contribution in [3.8, 4) is 11.5 Å². The lowest BCUT2D eigenvalue weighted by Crippen LogP contribution is -2.01. The van der Waals surface area contributed by atoms with Crippen LogP contribution in [0.5, 0.6) is 11.5 Å². The number of hydrogen-bond donors (Lipinski definition) is 2. The fourth-order valence-corrected chi connectivity index (χ4v) is 2.12. The van der Waals surface area contributed by atoms with E-state index in [4.69, 9.17) is 9.84 Å². The van der Waals surface area contributed by atoms with Gasteiger partial charge in [0.25, 0.3) is 0 Å². The number of aliphatic hydroxyl groups excluding tert-OH is 1. The van der Waals surface area contributed by atoms with Gasteiger partial charge in [0.05, 0.1) is 0 Å². The molecule has 0 unspecified atom stereocenters. The van der Waals surface area contributed by atoms with E-state index in [1.54, 1.807) is 0 Å². The highest BCUT2D eigenvalue weighted by atomic mass is 16.5. The summed E-state index contributed by atoms with van der Waals surface area (Å²) in [4.78, 5) is 0. The second-order valence-electron chi connectivity index (χ2n) is 5.01. The van der Waals surface area contributed by atoms with Crippen LogP contribution in [-0.4, -0.2) is 18.3 Å². The molecule has 2 rings (SSSR count). The van der Waals surface area contributed by atoms with Gasteiger partial charge in [-0.1, -0.05) is 37.1 Å². The van der Waals surface area contributed by atoms with Gasteiger partial charge in [-0.2, -0.15) is 0 Å². The molecule has 0 saturated heterocycles. The zero-order valence-electron chi connectivity index (χ0n) is 12.3. The Morgan fingerprint density at radius 1 is 0.810 bits per heavy atom. The van der Waals surface area contributed by atoms with Gasteiger partial charge in [-0.05, 0) is 37.1 Å². The van der Waals surface area contributed by atoms with E-state index in [1.807, 2.05) is 54.6 Å². The average Bonchev–Trinajstić information content (AvgIpc) is 2.52. The second kappa shape index (κ2) is 9.03. The zero-order chi connectivity index (χ0) is 14.8. The van der Waals surface area contributed by atoms with Crippen LogP contribution in [0, 0.1) is 0 Å². The normalized spacial score (nSPS) is 10.3. The summed E-state index contributed by atoms with van der Waals surface area (Å²) in [5, 5.41) is 12.1. The third-order valence-corrected chi connectivity index (χ3v) is 3.23. The van der Waals surface area contributed by atoms with Crippen molar-refractivity contribution in [1.29, 1.82) is 0 Å². The Morgan fingerprint density at radius 3 is 2.38 bits per heavy atom. The fraction of sp³-hybridized carbons (Fsp3) is 0.333. The standard InChI is InChI=1S/C18H23NO2/c20-14-7-2-1-6-13-19-16-9-8-12-18(15-16)21-17-10-4-3-5-11-17/h3-5,8-12,15,19-20H,1-2,6-7,13-14H2. The van der Waals surface area contributed by atoms with Crippen molar-refractivity contribution in [1.82, 2.24) is 0 Å². The minimum Gasteiger partial charge on any atom is -0.457 e. The number of benzene rings is 2. The minimum atomic E-state index is 0.298.